The van der Waals surface area contributed by atoms with Crippen molar-refractivity contribution in [3.05, 3.63) is 39.3 Å². The Labute approximate surface area is 144 Å². The predicted octanol–water partition coefficient (Wildman–Crippen LogP) is 4.60. The summed E-state index contributed by atoms with van der Waals surface area (Å²) in [4.78, 5) is 26.4. The lowest BCUT2D eigenvalue weighted by Gasteiger charge is -2.44. The molecule has 4 rings (SSSR count). The van der Waals surface area contributed by atoms with E-state index < -0.39 is 4.92 Å². The molecule has 1 saturated heterocycles. The molecule has 1 aromatic heterocycles. The van der Waals surface area contributed by atoms with Crippen LogP contribution in [0.25, 0.3) is 10.1 Å². The molecular formula is C18H20N2O3S. The first-order chi connectivity index (χ1) is 11.6. The molecular weight excluding hydrogens is 324 g/mol. The Balaban J connectivity index is 1.63. The predicted molar refractivity (Wildman–Crippen MR) is 94.5 cm³/mol. The number of likely N-dealkylation sites (tertiary alicyclic amines) is 1. The van der Waals surface area contributed by atoms with E-state index in [1.165, 1.54) is 43.1 Å². The fourth-order valence-electron chi connectivity index (χ4n) is 4.27. The number of benzene rings is 1. The van der Waals surface area contributed by atoms with Gasteiger partial charge in [0.1, 0.15) is 0 Å². The molecule has 0 bridgehead atoms. The summed E-state index contributed by atoms with van der Waals surface area (Å²) >= 11 is 1.45. The highest BCUT2D eigenvalue weighted by Crippen LogP contribution is 2.37. The second-order valence-corrected chi connectivity index (χ2v) is 7.93. The molecule has 5 nitrogen and oxygen atoms in total. The van der Waals surface area contributed by atoms with Gasteiger partial charge < -0.3 is 4.90 Å². The van der Waals surface area contributed by atoms with Crippen LogP contribution in [-0.2, 0) is 0 Å². The van der Waals surface area contributed by atoms with Gasteiger partial charge in [0.15, 0.2) is 0 Å². The van der Waals surface area contributed by atoms with Crippen molar-refractivity contribution >= 4 is 33.0 Å². The van der Waals surface area contributed by atoms with Gasteiger partial charge in [0.2, 0.25) is 0 Å². The van der Waals surface area contributed by atoms with Crippen LogP contribution in [0.1, 0.15) is 48.2 Å². The van der Waals surface area contributed by atoms with Crippen molar-refractivity contribution in [3.63, 3.8) is 0 Å². The van der Waals surface area contributed by atoms with Gasteiger partial charge in [0.05, 0.1) is 9.80 Å². The molecule has 0 spiro atoms. The van der Waals surface area contributed by atoms with Gasteiger partial charge in [-0.2, -0.15) is 0 Å². The number of rotatable bonds is 2. The Kier molecular flexibility index (Phi) is 4.00. The maximum Gasteiger partial charge on any atom is 0.270 e. The highest BCUT2D eigenvalue weighted by atomic mass is 32.1. The summed E-state index contributed by atoms with van der Waals surface area (Å²) in [5, 5.41) is 11.7. The van der Waals surface area contributed by atoms with Crippen molar-refractivity contribution in [3.8, 4) is 0 Å². The number of hydrogen-bond donors (Lipinski definition) is 0. The van der Waals surface area contributed by atoms with Crippen molar-refractivity contribution in [1.29, 1.82) is 0 Å². The molecule has 126 valence electrons. The summed E-state index contributed by atoms with van der Waals surface area (Å²) in [7, 11) is 0. The van der Waals surface area contributed by atoms with E-state index in [9.17, 15) is 14.9 Å². The Bertz CT molecular complexity index is 799. The van der Waals surface area contributed by atoms with Gasteiger partial charge in [-0.1, -0.05) is 12.8 Å². The molecule has 2 heterocycles. The zero-order valence-corrected chi connectivity index (χ0v) is 14.3. The number of amides is 1. The molecule has 2 aliphatic rings. The van der Waals surface area contributed by atoms with Gasteiger partial charge in [-0.25, -0.2) is 0 Å². The molecule has 2 atom stereocenters. The monoisotopic (exact) mass is 344 g/mol. The number of thiophene rings is 1. The van der Waals surface area contributed by atoms with Crippen molar-refractivity contribution in [2.45, 2.75) is 44.6 Å². The number of hydrogen-bond acceptors (Lipinski definition) is 4. The number of non-ortho nitro benzene ring substituents is 1. The first-order valence-electron chi connectivity index (χ1n) is 8.62. The third kappa shape index (κ3) is 2.69. The zero-order chi connectivity index (χ0) is 16.7. The van der Waals surface area contributed by atoms with Crippen LogP contribution < -0.4 is 0 Å². The van der Waals surface area contributed by atoms with Crippen molar-refractivity contribution in [1.82, 2.24) is 4.90 Å². The fourth-order valence-corrected chi connectivity index (χ4v) is 5.27. The normalized spacial score (nSPS) is 23.9. The summed E-state index contributed by atoms with van der Waals surface area (Å²) < 4.78 is 0.932. The number of nitro groups is 1. The first-order valence-corrected chi connectivity index (χ1v) is 9.44. The van der Waals surface area contributed by atoms with Crippen molar-refractivity contribution < 1.29 is 9.72 Å². The van der Waals surface area contributed by atoms with Crippen LogP contribution in [-0.4, -0.2) is 28.3 Å². The summed E-state index contributed by atoms with van der Waals surface area (Å²) in [5.41, 5.74) is 0.0737. The summed E-state index contributed by atoms with van der Waals surface area (Å²) in [6.45, 7) is 0.842. The topological polar surface area (TPSA) is 63.4 Å². The molecule has 6 heteroatoms. The van der Waals surface area contributed by atoms with E-state index in [2.05, 4.69) is 4.90 Å². The van der Waals surface area contributed by atoms with Crippen LogP contribution >= 0.6 is 11.3 Å². The minimum atomic E-state index is -0.393. The Morgan fingerprint density at radius 1 is 1.17 bits per heavy atom. The lowest BCUT2D eigenvalue weighted by atomic mass is 9.78. The fraction of sp³-hybridized carbons (Fsp3) is 0.500. The molecule has 1 aliphatic heterocycles. The molecule has 1 aliphatic carbocycles. The number of carbonyl (C=O) groups is 1. The maximum atomic E-state index is 13.0. The quantitative estimate of drug-likeness (QED) is 0.590. The molecule has 24 heavy (non-hydrogen) atoms. The van der Waals surface area contributed by atoms with Gasteiger partial charge >= 0.3 is 0 Å². The highest BCUT2D eigenvalue weighted by Gasteiger charge is 2.36. The molecule has 2 aromatic rings. The van der Waals surface area contributed by atoms with E-state index in [0.717, 1.165) is 29.5 Å². The first kappa shape index (κ1) is 15.6. The summed E-state index contributed by atoms with van der Waals surface area (Å²) in [5.74, 6) is 0.766. The number of fused-ring (bicyclic) bond motifs is 2. The summed E-state index contributed by atoms with van der Waals surface area (Å²) in [6, 6.07) is 7.02. The van der Waals surface area contributed by atoms with E-state index in [4.69, 9.17) is 0 Å². The SMILES string of the molecule is O=C(c1cc2cc([N+](=O)[O-])ccc2s1)N1CCC[C@H]2CCCC[C@H]21. The third-order valence-corrected chi connectivity index (χ3v) is 6.53. The van der Waals surface area contributed by atoms with E-state index in [-0.39, 0.29) is 11.6 Å². The van der Waals surface area contributed by atoms with Gasteiger partial charge in [0.25, 0.3) is 11.6 Å². The largest absolute Gasteiger partial charge is 0.335 e. The smallest absolute Gasteiger partial charge is 0.270 e. The van der Waals surface area contributed by atoms with Crippen LogP contribution in [0.3, 0.4) is 0 Å². The van der Waals surface area contributed by atoms with Crippen molar-refractivity contribution in [2.24, 2.45) is 5.92 Å². The van der Waals surface area contributed by atoms with Crippen LogP contribution in [0.5, 0.6) is 0 Å². The molecule has 1 aromatic carbocycles. The minimum Gasteiger partial charge on any atom is -0.335 e. The van der Waals surface area contributed by atoms with E-state index in [1.54, 1.807) is 12.1 Å². The van der Waals surface area contributed by atoms with Crippen LogP contribution in [0.2, 0.25) is 0 Å². The van der Waals surface area contributed by atoms with Gasteiger partial charge in [-0.15, -0.1) is 11.3 Å². The third-order valence-electron chi connectivity index (χ3n) is 5.43. The lowest BCUT2D eigenvalue weighted by molar-refractivity contribution is -0.384. The molecule has 0 N–H and O–H groups in total. The number of nitrogens with zero attached hydrogens (tertiary/aromatic N) is 2. The second-order valence-electron chi connectivity index (χ2n) is 6.84. The van der Waals surface area contributed by atoms with Crippen LogP contribution in [0.4, 0.5) is 5.69 Å². The van der Waals surface area contributed by atoms with Gasteiger partial charge in [0, 0.05) is 34.8 Å². The van der Waals surface area contributed by atoms with Crippen molar-refractivity contribution in [2.75, 3.05) is 6.54 Å². The van der Waals surface area contributed by atoms with Gasteiger partial charge in [-0.05, 0) is 43.7 Å². The number of carbonyl (C=O) groups excluding carboxylic acids is 1. The molecule has 0 unspecified atom stereocenters. The molecule has 1 amide bonds. The number of piperidine rings is 1. The second kappa shape index (κ2) is 6.16. The average molecular weight is 344 g/mol. The molecule has 2 fully saturated rings. The van der Waals surface area contributed by atoms with Gasteiger partial charge in [-0.3, -0.25) is 14.9 Å². The summed E-state index contributed by atoms with van der Waals surface area (Å²) in [6.07, 6.45) is 7.19. The Hall–Kier alpha value is -1.95. The molecule has 0 radical (unpaired) electrons. The minimum absolute atomic E-state index is 0.0737. The average Bonchev–Trinajstić information content (AvgIpc) is 3.03. The molecule has 1 saturated carbocycles. The zero-order valence-electron chi connectivity index (χ0n) is 13.4. The maximum absolute atomic E-state index is 13.0. The van der Waals surface area contributed by atoms with Crippen LogP contribution in [0.15, 0.2) is 24.3 Å². The van der Waals surface area contributed by atoms with E-state index in [1.807, 2.05) is 6.07 Å². The van der Waals surface area contributed by atoms with E-state index in [0.29, 0.717) is 16.8 Å². The standard InChI is InChI=1S/C18H20N2O3S/c21-18(19-9-3-5-12-4-1-2-6-15(12)19)17-11-13-10-14(20(22)23)7-8-16(13)24-17/h7-8,10-12,15H,1-6,9H2/t12-,15-/m1/s1. The van der Waals surface area contributed by atoms with E-state index >= 15 is 0 Å². The lowest BCUT2D eigenvalue weighted by Crippen LogP contribution is -2.49. The Morgan fingerprint density at radius 2 is 1.96 bits per heavy atom. The number of nitro benzene ring substituents is 1. The van der Waals surface area contributed by atoms with Crippen LogP contribution in [0, 0.1) is 16.0 Å². The highest BCUT2D eigenvalue weighted by molar-refractivity contribution is 7.20. The Morgan fingerprint density at radius 3 is 2.79 bits per heavy atom.